The topological polar surface area (TPSA) is 79.0 Å². The summed E-state index contributed by atoms with van der Waals surface area (Å²) in [7, 11) is 0. The van der Waals surface area contributed by atoms with Crippen LogP contribution in [0.5, 0.6) is 5.75 Å². The van der Waals surface area contributed by atoms with Crippen LogP contribution in [0.15, 0.2) is 60.7 Å². The summed E-state index contributed by atoms with van der Waals surface area (Å²) >= 11 is 0. The van der Waals surface area contributed by atoms with Crippen molar-refractivity contribution in [1.29, 1.82) is 0 Å². The largest absolute Gasteiger partial charge is 0.489 e. The van der Waals surface area contributed by atoms with E-state index in [-0.39, 0.29) is 36.0 Å². The molecule has 3 aliphatic heterocycles. The van der Waals surface area contributed by atoms with Crippen molar-refractivity contribution >= 4 is 17.7 Å². The zero-order valence-corrected chi connectivity index (χ0v) is 21.6. The second-order valence-electron chi connectivity index (χ2n) is 10.6. The minimum atomic E-state index is -0.385. The van der Waals surface area contributed by atoms with Crippen LogP contribution >= 0.6 is 0 Å². The summed E-state index contributed by atoms with van der Waals surface area (Å²) in [5.41, 5.74) is 5.93. The number of rotatable bonds is 7. The van der Waals surface area contributed by atoms with E-state index in [9.17, 15) is 18.8 Å². The number of fused-ring (bicyclic) bond motifs is 2. The summed E-state index contributed by atoms with van der Waals surface area (Å²) in [5.74, 6) is -0.596. The van der Waals surface area contributed by atoms with E-state index in [2.05, 4.69) is 34.5 Å². The van der Waals surface area contributed by atoms with E-state index in [0.29, 0.717) is 37.3 Å². The van der Waals surface area contributed by atoms with Crippen LogP contribution in [0.3, 0.4) is 0 Å². The zero-order valence-electron chi connectivity index (χ0n) is 21.6. The van der Waals surface area contributed by atoms with E-state index in [0.717, 1.165) is 42.7 Å². The van der Waals surface area contributed by atoms with Crippen molar-refractivity contribution in [3.05, 3.63) is 99.9 Å². The number of carbonyl (C=O) groups excluding carboxylic acids is 3. The molecule has 200 valence electrons. The van der Waals surface area contributed by atoms with E-state index < -0.39 is 0 Å². The first-order valence-electron chi connectivity index (χ1n) is 13.4. The first-order valence-corrected chi connectivity index (χ1v) is 13.4. The highest BCUT2D eigenvalue weighted by Crippen LogP contribution is 2.32. The molecule has 7 nitrogen and oxygen atoms in total. The predicted octanol–water partition coefficient (Wildman–Crippen LogP) is 3.97. The lowest BCUT2D eigenvalue weighted by molar-refractivity contribution is -0.136. The number of benzene rings is 3. The van der Waals surface area contributed by atoms with Gasteiger partial charge in [-0.15, -0.1) is 0 Å². The van der Waals surface area contributed by atoms with Gasteiger partial charge in [0.05, 0.1) is 12.5 Å². The highest BCUT2D eigenvalue weighted by atomic mass is 19.1. The average Bonchev–Trinajstić information content (AvgIpc) is 3.25. The Hall–Kier alpha value is -4.04. The molecule has 3 heterocycles. The number of imide groups is 1. The Kier molecular flexibility index (Phi) is 6.87. The molecule has 0 spiro atoms. The van der Waals surface area contributed by atoms with Gasteiger partial charge in [0.2, 0.25) is 11.8 Å². The first kappa shape index (κ1) is 25.2. The lowest BCUT2D eigenvalue weighted by Crippen LogP contribution is -2.45. The summed E-state index contributed by atoms with van der Waals surface area (Å²) in [6.07, 6.45) is 1.68. The number of amides is 3. The van der Waals surface area contributed by atoms with Crippen molar-refractivity contribution in [2.75, 3.05) is 13.1 Å². The van der Waals surface area contributed by atoms with Gasteiger partial charge in [-0.05, 0) is 59.4 Å². The van der Waals surface area contributed by atoms with E-state index in [1.54, 1.807) is 17.0 Å². The minimum absolute atomic E-state index is 0.118. The van der Waals surface area contributed by atoms with E-state index in [4.69, 9.17) is 4.74 Å². The summed E-state index contributed by atoms with van der Waals surface area (Å²) in [5, 5.41) is 2.37. The Morgan fingerprint density at radius 2 is 1.74 bits per heavy atom. The number of piperidine rings is 1. The van der Waals surface area contributed by atoms with Gasteiger partial charge in [0.1, 0.15) is 18.2 Å². The monoisotopic (exact) mass is 527 g/mol. The van der Waals surface area contributed by atoms with Gasteiger partial charge in [0.15, 0.2) is 0 Å². The van der Waals surface area contributed by atoms with Crippen LogP contribution in [0.4, 0.5) is 4.39 Å². The third kappa shape index (κ3) is 5.43. The van der Waals surface area contributed by atoms with Gasteiger partial charge >= 0.3 is 0 Å². The van der Waals surface area contributed by atoms with Crippen molar-refractivity contribution in [3.63, 3.8) is 0 Å². The molecular formula is C31H30FN3O4. The zero-order chi connectivity index (χ0) is 26.9. The van der Waals surface area contributed by atoms with Gasteiger partial charge in [0, 0.05) is 43.7 Å². The van der Waals surface area contributed by atoms with Crippen molar-refractivity contribution in [2.45, 2.75) is 45.5 Å². The Bertz CT molecular complexity index is 1440. The van der Waals surface area contributed by atoms with Crippen LogP contribution in [0, 0.1) is 11.7 Å². The van der Waals surface area contributed by atoms with Crippen LogP contribution in [0.25, 0.3) is 0 Å². The molecule has 8 heteroatoms. The highest BCUT2D eigenvalue weighted by molar-refractivity contribution is 6.01. The quantitative estimate of drug-likeness (QED) is 0.471. The SMILES string of the molecule is O=C1CC[C@H](CN2Cc3c(OCc4ccc(CN5CCc6ccc(F)cc6C5)cc4)cccc3C2=O)C(=O)N1. The molecule has 1 N–H and O–H groups in total. The van der Waals surface area contributed by atoms with Gasteiger partial charge in [-0.3, -0.25) is 24.6 Å². The predicted molar refractivity (Wildman–Crippen MR) is 142 cm³/mol. The van der Waals surface area contributed by atoms with Crippen molar-refractivity contribution in [2.24, 2.45) is 5.92 Å². The van der Waals surface area contributed by atoms with Crippen molar-refractivity contribution < 1.29 is 23.5 Å². The summed E-state index contributed by atoms with van der Waals surface area (Å²) in [6.45, 7) is 3.52. The van der Waals surface area contributed by atoms with Crippen molar-refractivity contribution in [1.82, 2.24) is 15.1 Å². The number of hydrogen-bond donors (Lipinski definition) is 1. The fourth-order valence-electron chi connectivity index (χ4n) is 5.70. The molecule has 0 aromatic heterocycles. The lowest BCUT2D eigenvalue weighted by Gasteiger charge is -2.28. The van der Waals surface area contributed by atoms with E-state index in [1.165, 1.54) is 17.2 Å². The minimum Gasteiger partial charge on any atom is -0.489 e. The number of halogens is 1. The van der Waals surface area contributed by atoms with Gasteiger partial charge in [-0.2, -0.15) is 0 Å². The van der Waals surface area contributed by atoms with Crippen LogP contribution in [0.2, 0.25) is 0 Å². The maximum Gasteiger partial charge on any atom is 0.254 e. The molecular weight excluding hydrogens is 497 g/mol. The summed E-state index contributed by atoms with van der Waals surface area (Å²) < 4.78 is 19.8. The smallest absolute Gasteiger partial charge is 0.254 e. The van der Waals surface area contributed by atoms with Gasteiger partial charge in [-0.1, -0.05) is 36.4 Å². The number of hydrogen-bond acceptors (Lipinski definition) is 5. The molecule has 0 bridgehead atoms. The van der Waals surface area contributed by atoms with Gasteiger partial charge in [0.25, 0.3) is 5.91 Å². The number of nitrogens with zero attached hydrogens (tertiary/aromatic N) is 2. The Morgan fingerprint density at radius 3 is 2.56 bits per heavy atom. The lowest BCUT2D eigenvalue weighted by atomic mass is 9.97. The molecule has 0 aliphatic carbocycles. The van der Waals surface area contributed by atoms with Crippen LogP contribution in [0.1, 0.15) is 51.0 Å². The number of carbonyl (C=O) groups is 3. The summed E-state index contributed by atoms with van der Waals surface area (Å²) in [6, 6.07) is 18.8. The third-order valence-corrected chi connectivity index (χ3v) is 7.88. The maximum absolute atomic E-state index is 13.6. The van der Waals surface area contributed by atoms with Crippen molar-refractivity contribution in [3.8, 4) is 5.75 Å². The Morgan fingerprint density at radius 1 is 0.923 bits per heavy atom. The standard InChI is InChI=1S/C31H30FN3O4/c32-25-10-8-22-12-13-34(16-24(22)14-25)15-20-4-6-21(7-5-20)19-39-28-3-1-2-26-27(28)18-35(31(26)38)17-23-9-11-29(36)33-30(23)37/h1-8,10,14,23H,9,11-13,15-19H2,(H,33,36,37)/t23-/m1/s1. The molecule has 3 aromatic rings. The molecule has 0 radical (unpaired) electrons. The fraction of sp³-hybridized carbons (Fsp3) is 0.323. The molecule has 1 saturated heterocycles. The fourth-order valence-corrected chi connectivity index (χ4v) is 5.70. The molecule has 1 fully saturated rings. The number of ether oxygens (including phenoxy) is 1. The van der Waals surface area contributed by atoms with Gasteiger partial charge < -0.3 is 9.64 Å². The molecule has 1 atom stereocenters. The van der Waals surface area contributed by atoms with Gasteiger partial charge in [-0.25, -0.2) is 4.39 Å². The van der Waals surface area contributed by atoms with Crippen LogP contribution in [-0.2, 0) is 42.3 Å². The Balaban J connectivity index is 1.05. The van der Waals surface area contributed by atoms with E-state index >= 15 is 0 Å². The molecule has 6 rings (SSSR count). The normalized spacial score (nSPS) is 19.1. The highest BCUT2D eigenvalue weighted by Gasteiger charge is 2.35. The maximum atomic E-state index is 13.6. The summed E-state index contributed by atoms with van der Waals surface area (Å²) in [4.78, 5) is 40.6. The molecule has 3 aromatic carbocycles. The first-order chi connectivity index (χ1) is 18.9. The van der Waals surface area contributed by atoms with Crippen LogP contribution in [-0.4, -0.2) is 40.6 Å². The molecule has 0 unspecified atom stereocenters. The third-order valence-electron chi connectivity index (χ3n) is 7.88. The second-order valence-corrected chi connectivity index (χ2v) is 10.6. The second kappa shape index (κ2) is 10.6. The average molecular weight is 528 g/mol. The molecule has 3 amide bonds. The number of nitrogens with one attached hydrogen (secondary N) is 1. The Labute approximate surface area is 226 Å². The molecule has 39 heavy (non-hydrogen) atoms. The molecule has 0 saturated carbocycles. The van der Waals surface area contributed by atoms with E-state index in [1.807, 2.05) is 18.2 Å². The molecule has 3 aliphatic rings. The van der Waals surface area contributed by atoms with Crippen LogP contribution < -0.4 is 10.1 Å².